The zero-order valence-corrected chi connectivity index (χ0v) is 49.1. The predicted molar refractivity (Wildman–Crippen MR) is 307 cm³/mol. The minimum Gasteiger partial charge on any atom is -0.512 e. The average Bonchev–Trinajstić information content (AvgIpc) is 4.18. The first-order chi connectivity index (χ1) is 37.5. The Kier molecular flexibility index (Phi) is 22.5. The number of benzene rings is 8. The molecular formula is C67H55Ir2N6O4-3. The number of aryl methyl sites for hydroxylation is 4. The van der Waals surface area contributed by atoms with Gasteiger partial charge in [-0.2, -0.15) is 5.10 Å². The van der Waals surface area contributed by atoms with Gasteiger partial charge < -0.3 is 23.9 Å². The van der Waals surface area contributed by atoms with Crippen LogP contribution in [0.25, 0.3) is 89.9 Å². The van der Waals surface area contributed by atoms with Gasteiger partial charge in [0.15, 0.2) is 11.7 Å². The second-order valence-corrected chi connectivity index (χ2v) is 17.9. The van der Waals surface area contributed by atoms with Gasteiger partial charge in [-0.1, -0.05) is 114 Å². The van der Waals surface area contributed by atoms with E-state index in [0.717, 1.165) is 50.3 Å². The fourth-order valence-electron chi connectivity index (χ4n) is 7.67. The van der Waals surface area contributed by atoms with Crippen LogP contribution < -0.4 is 0 Å². The Morgan fingerprint density at radius 1 is 0.430 bits per heavy atom. The van der Waals surface area contributed by atoms with Crippen molar-refractivity contribution >= 4 is 27.3 Å². The van der Waals surface area contributed by atoms with Crippen LogP contribution in [0.3, 0.4) is 0 Å². The molecule has 12 heteroatoms. The molecule has 12 aromatic rings. The Labute approximate surface area is 488 Å². The molecule has 4 aromatic heterocycles. The van der Waals surface area contributed by atoms with Crippen molar-refractivity contribution in [3.63, 3.8) is 0 Å². The molecule has 0 amide bonds. The summed E-state index contributed by atoms with van der Waals surface area (Å²) in [6, 6.07) is 76.0. The van der Waals surface area contributed by atoms with Gasteiger partial charge in [0.25, 0.3) is 0 Å². The molecule has 79 heavy (non-hydrogen) atoms. The third-order valence-electron chi connectivity index (χ3n) is 11.6. The summed E-state index contributed by atoms with van der Waals surface area (Å²) in [5.41, 5.74) is 12.5. The molecule has 0 spiro atoms. The van der Waals surface area contributed by atoms with E-state index in [2.05, 4.69) is 86.7 Å². The summed E-state index contributed by atoms with van der Waals surface area (Å²) in [6.07, 6.45) is 4.86. The number of ketones is 1. The number of hydrogen-bond donors (Lipinski definition) is 1. The number of aromatic nitrogens is 6. The van der Waals surface area contributed by atoms with Gasteiger partial charge in [0, 0.05) is 75.4 Å². The summed E-state index contributed by atoms with van der Waals surface area (Å²) in [7, 11) is 0. The van der Waals surface area contributed by atoms with E-state index in [1.165, 1.54) is 58.2 Å². The van der Waals surface area contributed by atoms with Crippen LogP contribution in [0.4, 0.5) is 0 Å². The monoisotopic (exact) mass is 1390 g/mol. The average molecular weight is 1390 g/mol. The van der Waals surface area contributed by atoms with Crippen molar-refractivity contribution in [1.82, 2.24) is 30.4 Å². The molecule has 0 saturated heterocycles. The van der Waals surface area contributed by atoms with E-state index in [-0.39, 0.29) is 51.8 Å². The van der Waals surface area contributed by atoms with E-state index in [9.17, 15) is 4.79 Å². The number of carbonyl (C=O) groups is 1. The normalized spacial score (nSPS) is 10.4. The van der Waals surface area contributed by atoms with E-state index < -0.39 is 0 Å². The smallest absolute Gasteiger partial charge is 0.248 e. The SMILES string of the molecule is CC(=O)C=C(C)O.Cc1c[c-]c(-c2nnc(-c3ccc(C)cc3)o2)cc1.Cc1ccc(-c2nnc(-c3ccc(C)cc3)o2)cc1.[Ir].[Ir].[c-]1ccccc1-c1nccc2ccccc12.[c-]1ccccc1-c1nccc2ccccc12. The van der Waals surface area contributed by atoms with Gasteiger partial charge in [-0.05, 0) is 116 Å². The number of aliphatic hydroxyl groups is 1. The van der Waals surface area contributed by atoms with E-state index in [0.29, 0.717) is 23.6 Å². The molecule has 0 atom stereocenters. The van der Waals surface area contributed by atoms with Crippen LogP contribution in [-0.4, -0.2) is 41.3 Å². The van der Waals surface area contributed by atoms with E-state index in [1.807, 2.05) is 202 Å². The first kappa shape index (κ1) is 59.6. The van der Waals surface area contributed by atoms with Crippen molar-refractivity contribution in [2.45, 2.75) is 41.5 Å². The minimum absolute atomic E-state index is 0. The number of fused-ring (bicyclic) bond motifs is 2. The van der Waals surface area contributed by atoms with Crippen LogP contribution in [0, 0.1) is 45.9 Å². The van der Waals surface area contributed by atoms with Crippen LogP contribution in [0.2, 0.25) is 0 Å². The molecule has 0 aliphatic rings. The fraction of sp³-hybridized carbons (Fsp3) is 0.0896. The van der Waals surface area contributed by atoms with Gasteiger partial charge in [0.05, 0.1) is 5.76 Å². The summed E-state index contributed by atoms with van der Waals surface area (Å²) < 4.78 is 11.4. The summed E-state index contributed by atoms with van der Waals surface area (Å²) in [6.45, 7) is 11.0. The van der Waals surface area contributed by atoms with Gasteiger partial charge in [0.2, 0.25) is 17.7 Å². The molecule has 398 valence electrons. The molecule has 0 saturated carbocycles. The Morgan fingerprint density at radius 2 is 0.810 bits per heavy atom. The first-order valence-corrected chi connectivity index (χ1v) is 24.8. The second kappa shape index (κ2) is 29.8. The topological polar surface area (TPSA) is 141 Å². The second-order valence-electron chi connectivity index (χ2n) is 17.9. The van der Waals surface area contributed by atoms with Crippen molar-refractivity contribution in [3.05, 3.63) is 265 Å². The summed E-state index contributed by atoms with van der Waals surface area (Å²) in [4.78, 5) is 18.9. The maximum atomic E-state index is 10.0. The maximum absolute atomic E-state index is 10.0. The van der Waals surface area contributed by atoms with Gasteiger partial charge >= 0.3 is 0 Å². The van der Waals surface area contributed by atoms with Gasteiger partial charge in [0.1, 0.15) is 0 Å². The van der Waals surface area contributed by atoms with Crippen LogP contribution in [0.1, 0.15) is 36.1 Å². The third-order valence-corrected chi connectivity index (χ3v) is 11.6. The fourth-order valence-corrected chi connectivity index (χ4v) is 7.67. The Hall–Kier alpha value is -8.63. The number of allylic oxidation sites excluding steroid dienone is 2. The first-order valence-electron chi connectivity index (χ1n) is 24.8. The molecule has 1 N–H and O–H groups in total. The van der Waals surface area contributed by atoms with Gasteiger partial charge in [-0.3, -0.25) is 4.79 Å². The number of rotatable bonds is 7. The number of pyridine rings is 2. The Morgan fingerprint density at radius 3 is 1.16 bits per heavy atom. The standard InChI is InChI=1S/C16H14N2O.C16H13N2O.2C15H10N.C5H8O2.2Ir/c2*1-11-3-7-13(8-4-11)15-17-18-16(19-15)14-9-5-12(2)6-10-14;2*1-2-7-13(8-3-1)15-14-9-5-4-6-12(14)10-11-16-15;1-4(6)3-5(2)7;;/h3-10H,1-2H3;3-9H,1-2H3;2*1-7,9-11H;3,6H,1-2H3;;/q;3*-1;;;. The molecule has 4 heterocycles. The molecular weight excluding hydrogens is 1340 g/mol. The molecule has 0 fully saturated rings. The third kappa shape index (κ3) is 17.2. The van der Waals surface area contributed by atoms with Crippen molar-refractivity contribution in [3.8, 4) is 68.3 Å². The number of hydrogen-bond acceptors (Lipinski definition) is 10. The van der Waals surface area contributed by atoms with Crippen LogP contribution in [-0.2, 0) is 45.0 Å². The maximum Gasteiger partial charge on any atom is 0.248 e. The van der Waals surface area contributed by atoms with E-state index >= 15 is 0 Å². The molecule has 0 unspecified atom stereocenters. The van der Waals surface area contributed by atoms with E-state index in [4.69, 9.17) is 13.9 Å². The van der Waals surface area contributed by atoms with Crippen LogP contribution in [0.15, 0.2) is 233 Å². The molecule has 0 aliphatic carbocycles. The van der Waals surface area contributed by atoms with Gasteiger partial charge in [-0.15, -0.1) is 117 Å². The number of carbonyl (C=O) groups excluding carboxylic acids is 1. The largest absolute Gasteiger partial charge is 0.512 e. The van der Waals surface area contributed by atoms with Crippen molar-refractivity contribution in [2.24, 2.45) is 0 Å². The number of nitrogens with zero attached hydrogens (tertiary/aromatic N) is 6. The van der Waals surface area contributed by atoms with Crippen LogP contribution in [0.5, 0.6) is 0 Å². The summed E-state index contributed by atoms with van der Waals surface area (Å²) in [5, 5.41) is 29.5. The quantitative estimate of drug-likeness (QED) is 0.0931. The molecule has 8 aromatic carbocycles. The van der Waals surface area contributed by atoms with Gasteiger partial charge in [-0.25, -0.2) is 0 Å². The zero-order valence-electron chi connectivity index (χ0n) is 44.3. The van der Waals surface area contributed by atoms with Crippen molar-refractivity contribution < 1.29 is 58.9 Å². The molecule has 2 radical (unpaired) electrons. The molecule has 0 aliphatic heterocycles. The Bertz CT molecular complexity index is 3460. The zero-order chi connectivity index (χ0) is 53.9. The van der Waals surface area contributed by atoms with Crippen molar-refractivity contribution in [1.29, 1.82) is 0 Å². The molecule has 12 rings (SSSR count). The molecule has 10 nitrogen and oxygen atoms in total. The van der Waals surface area contributed by atoms with Crippen molar-refractivity contribution in [2.75, 3.05) is 0 Å². The Balaban J connectivity index is 0.000000163. The predicted octanol–water partition coefficient (Wildman–Crippen LogP) is 16.3. The molecule has 0 bridgehead atoms. The number of aliphatic hydroxyl groups excluding tert-OH is 1. The summed E-state index contributed by atoms with van der Waals surface area (Å²) in [5.74, 6) is 2.07. The van der Waals surface area contributed by atoms with Crippen LogP contribution >= 0.6 is 0 Å². The minimum atomic E-state index is -0.125. The van der Waals surface area contributed by atoms with E-state index in [1.54, 1.807) is 0 Å². The summed E-state index contributed by atoms with van der Waals surface area (Å²) >= 11 is 0.